The Labute approximate surface area is 185 Å². The van der Waals surface area contributed by atoms with E-state index in [1.807, 2.05) is 31.3 Å². The van der Waals surface area contributed by atoms with Crippen LogP contribution in [-0.4, -0.2) is 78.2 Å². The summed E-state index contributed by atoms with van der Waals surface area (Å²) in [4.78, 5) is 6.70. The highest BCUT2D eigenvalue weighted by molar-refractivity contribution is 14.0. The van der Waals surface area contributed by atoms with Gasteiger partial charge in [0.1, 0.15) is 11.5 Å². The van der Waals surface area contributed by atoms with Gasteiger partial charge in [0.25, 0.3) is 0 Å². The van der Waals surface area contributed by atoms with E-state index in [2.05, 4.69) is 15.2 Å². The van der Waals surface area contributed by atoms with Crippen molar-refractivity contribution in [2.75, 3.05) is 67.3 Å². The summed E-state index contributed by atoms with van der Waals surface area (Å²) in [7, 11) is 5.18. The van der Waals surface area contributed by atoms with E-state index in [1.54, 1.807) is 14.2 Å². The van der Waals surface area contributed by atoms with Gasteiger partial charge < -0.3 is 29.2 Å². The lowest BCUT2D eigenvalue weighted by atomic mass is 10.1. The normalized spacial score (nSPS) is 16.6. The monoisotopic (exact) mass is 507 g/mol. The fourth-order valence-corrected chi connectivity index (χ4v) is 3.04. The molecule has 1 saturated heterocycles. The molecule has 0 bridgehead atoms. The number of benzene rings is 1. The number of nitrogens with zero attached hydrogens (tertiary/aromatic N) is 2. The molecule has 1 atom stereocenters. The second-order valence-corrected chi connectivity index (χ2v) is 6.52. The van der Waals surface area contributed by atoms with E-state index >= 15 is 0 Å². The number of ether oxygens (including phenoxy) is 4. The predicted molar refractivity (Wildman–Crippen MR) is 122 cm³/mol. The smallest absolute Gasteiger partial charge is 0.193 e. The van der Waals surface area contributed by atoms with E-state index < -0.39 is 0 Å². The SMILES string of the molecule is CN=C(NCCCOc1cccc(OC)c1)N1CCC(COCCOC)C1.I. The van der Waals surface area contributed by atoms with Gasteiger partial charge in [-0.15, -0.1) is 24.0 Å². The molecule has 1 aliphatic heterocycles. The van der Waals surface area contributed by atoms with Crippen molar-refractivity contribution in [3.63, 3.8) is 0 Å². The first-order valence-corrected chi connectivity index (χ1v) is 9.56. The van der Waals surface area contributed by atoms with Gasteiger partial charge in [0.15, 0.2) is 5.96 Å². The molecule has 1 unspecified atom stereocenters. The summed E-state index contributed by atoms with van der Waals surface area (Å²) in [5, 5.41) is 3.43. The van der Waals surface area contributed by atoms with Crippen LogP contribution < -0.4 is 14.8 Å². The van der Waals surface area contributed by atoms with E-state index in [0.29, 0.717) is 25.7 Å². The first-order valence-electron chi connectivity index (χ1n) is 9.56. The number of rotatable bonds is 11. The van der Waals surface area contributed by atoms with Crippen LogP contribution >= 0.6 is 24.0 Å². The third kappa shape index (κ3) is 8.83. The zero-order valence-electron chi connectivity index (χ0n) is 17.2. The van der Waals surface area contributed by atoms with Crippen LogP contribution in [0.15, 0.2) is 29.3 Å². The van der Waals surface area contributed by atoms with Crippen molar-refractivity contribution in [1.82, 2.24) is 10.2 Å². The van der Waals surface area contributed by atoms with Gasteiger partial charge in [0, 0.05) is 45.8 Å². The molecule has 1 heterocycles. The Morgan fingerprint density at radius 1 is 1.21 bits per heavy atom. The minimum Gasteiger partial charge on any atom is -0.497 e. The number of nitrogens with one attached hydrogen (secondary N) is 1. The fourth-order valence-electron chi connectivity index (χ4n) is 3.04. The number of hydrogen-bond donors (Lipinski definition) is 1. The number of aliphatic imine (C=N–C) groups is 1. The van der Waals surface area contributed by atoms with Gasteiger partial charge in [-0.2, -0.15) is 0 Å². The predicted octanol–water partition coefficient (Wildman–Crippen LogP) is 2.64. The highest BCUT2D eigenvalue weighted by atomic mass is 127. The molecule has 0 aromatic heterocycles. The fraction of sp³-hybridized carbons (Fsp3) is 0.650. The first kappa shape index (κ1) is 24.8. The molecule has 2 rings (SSSR count). The van der Waals surface area contributed by atoms with E-state index in [9.17, 15) is 0 Å². The molecule has 1 N–H and O–H groups in total. The van der Waals surface area contributed by atoms with Crippen molar-refractivity contribution in [3.05, 3.63) is 24.3 Å². The highest BCUT2D eigenvalue weighted by Crippen LogP contribution is 2.19. The van der Waals surface area contributed by atoms with E-state index in [-0.39, 0.29) is 24.0 Å². The van der Waals surface area contributed by atoms with Crippen molar-refractivity contribution in [2.24, 2.45) is 10.9 Å². The van der Waals surface area contributed by atoms with Gasteiger partial charge in [0.2, 0.25) is 0 Å². The zero-order chi connectivity index (χ0) is 19.3. The van der Waals surface area contributed by atoms with Gasteiger partial charge in [-0.25, -0.2) is 0 Å². The van der Waals surface area contributed by atoms with Gasteiger partial charge in [-0.1, -0.05) is 6.07 Å². The van der Waals surface area contributed by atoms with Crippen LogP contribution in [0.5, 0.6) is 11.5 Å². The molecule has 1 aromatic rings. The minimum atomic E-state index is 0. The molecule has 0 radical (unpaired) electrons. The quantitative estimate of drug-likeness (QED) is 0.215. The van der Waals surface area contributed by atoms with Crippen molar-refractivity contribution in [1.29, 1.82) is 0 Å². The molecule has 1 aromatic carbocycles. The summed E-state index contributed by atoms with van der Waals surface area (Å²) in [6.07, 6.45) is 2.03. The molecule has 0 amide bonds. The zero-order valence-corrected chi connectivity index (χ0v) is 19.5. The molecule has 8 heteroatoms. The van der Waals surface area contributed by atoms with Crippen LogP contribution in [0.4, 0.5) is 0 Å². The Morgan fingerprint density at radius 2 is 2.04 bits per heavy atom. The molecular weight excluding hydrogens is 473 g/mol. The number of methoxy groups -OCH3 is 2. The average Bonchev–Trinajstić information content (AvgIpc) is 3.17. The molecule has 28 heavy (non-hydrogen) atoms. The molecule has 160 valence electrons. The molecule has 7 nitrogen and oxygen atoms in total. The minimum absolute atomic E-state index is 0. The number of hydrogen-bond acceptors (Lipinski definition) is 5. The lowest BCUT2D eigenvalue weighted by Gasteiger charge is -2.21. The van der Waals surface area contributed by atoms with Crippen molar-refractivity contribution in [3.8, 4) is 11.5 Å². The molecule has 1 aliphatic rings. The summed E-state index contributed by atoms with van der Waals surface area (Å²) < 4.78 is 21.6. The maximum Gasteiger partial charge on any atom is 0.193 e. The van der Waals surface area contributed by atoms with Gasteiger partial charge in [0.05, 0.1) is 33.5 Å². The average molecular weight is 507 g/mol. The standard InChI is InChI=1S/C20H33N3O4.HI/c1-21-20(23-10-8-17(15-23)16-26-13-12-24-2)22-9-5-11-27-19-7-4-6-18(14-19)25-3;/h4,6-7,14,17H,5,8-13,15-16H2,1-3H3,(H,21,22);1H. The van der Waals surface area contributed by atoms with Crippen LogP contribution in [0.2, 0.25) is 0 Å². The number of likely N-dealkylation sites (tertiary alicyclic amines) is 1. The van der Waals surface area contributed by atoms with E-state index in [0.717, 1.165) is 56.5 Å². The second-order valence-electron chi connectivity index (χ2n) is 6.52. The van der Waals surface area contributed by atoms with Crippen LogP contribution in [0.1, 0.15) is 12.8 Å². The second kappa shape index (κ2) is 14.7. The van der Waals surface area contributed by atoms with Crippen LogP contribution in [0.3, 0.4) is 0 Å². The van der Waals surface area contributed by atoms with Crippen molar-refractivity contribution in [2.45, 2.75) is 12.8 Å². The summed E-state index contributed by atoms with van der Waals surface area (Å²) in [5.41, 5.74) is 0. The third-order valence-electron chi connectivity index (χ3n) is 4.50. The van der Waals surface area contributed by atoms with E-state index in [1.165, 1.54) is 0 Å². The Bertz CT molecular complexity index is 574. The van der Waals surface area contributed by atoms with Gasteiger partial charge in [-0.05, 0) is 25.0 Å². The maximum atomic E-state index is 5.77. The maximum absolute atomic E-state index is 5.77. The number of halogens is 1. The third-order valence-corrected chi connectivity index (χ3v) is 4.50. The topological polar surface area (TPSA) is 64.6 Å². The van der Waals surface area contributed by atoms with E-state index in [4.69, 9.17) is 18.9 Å². The van der Waals surface area contributed by atoms with Crippen LogP contribution in [-0.2, 0) is 9.47 Å². The van der Waals surface area contributed by atoms with Crippen LogP contribution in [0.25, 0.3) is 0 Å². The lowest BCUT2D eigenvalue weighted by molar-refractivity contribution is 0.0536. The molecule has 1 fully saturated rings. The number of guanidine groups is 1. The first-order chi connectivity index (χ1) is 13.3. The Hall–Kier alpha value is -1.26. The van der Waals surface area contributed by atoms with Crippen molar-refractivity contribution < 1.29 is 18.9 Å². The summed E-state index contributed by atoms with van der Waals surface area (Å²) >= 11 is 0. The lowest BCUT2D eigenvalue weighted by Crippen LogP contribution is -2.40. The largest absolute Gasteiger partial charge is 0.497 e. The Kier molecular flexibility index (Phi) is 13.0. The highest BCUT2D eigenvalue weighted by Gasteiger charge is 2.24. The molecular formula is C20H34IN3O4. The molecule has 0 saturated carbocycles. The summed E-state index contributed by atoms with van der Waals surface area (Å²) in [6, 6.07) is 7.67. The van der Waals surface area contributed by atoms with Crippen molar-refractivity contribution >= 4 is 29.9 Å². The molecule has 0 spiro atoms. The van der Waals surface area contributed by atoms with Gasteiger partial charge >= 0.3 is 0 Å². The summed E-state index contributed by atoms with van der Waals surface area (Å²) in [6.45, 7) is 5.55. The van der Waals surface area contributed by atoms with Crippen LogP contribution in [0, 0.1) is 5.92 Å². The molecule has 0 aliphatic carbocycles. The summed E-state index contributed by atoms with van der Waals surface area (Å²) in [5.74, 6) is 3.14. The Morgan fingerprint density at radius 3 is 2.79 bits per heavy atom. The van der Waals surface area contributed by atoms with Gasteiger partial charge in [-0.3, -0.25) is 4.99 Å². The Balaban J connectivity index is 0.00000392.